The van der Waals surface area contributed by atoms with E-state index in [1.54, 1.807) is 0 Å². The van der Waals surface area contributed by atoms with Gasteiger partial charge in [0.05, 0.1) is 11.9 Å². The molecule has 0 aliphatic carbocycles. The molecule has 0 aliphatic heterocycles. The zero-order chi connectivity index (χ0) is 18.1. The number of benzene rings is 1. The molecule has 0 atom stereocenters. The average Bonchev–Trinajstić information content (AvgIpc) is 2.24. The van der Waals surface area contributed by atoms with Crippen LogP contribution in [-0.2, 0) is 20.6 Å². The second-order valence-electron chi connectivity index (χ2n) is 3.32. The van der Waals surface area contributed by atoms with Crippen LogP contribution in [0, 0.1) is 0 Å². The summed E-state index contributed by atoms with van der Waals surface area (Å²) < 4.78 is 51.1. The first-order valence-electron chi connectivity index (χ1n) is 4.75. The van der Waals surface area contributed by atoms with Crippen molar-refractivity contribution in [3.05, 3.63) is 35.4 Å². The summed E-state index contributed by atoms with van der Waals surface area (Å²) in [6, 6.07) is 4.81. The Balaban J connectivity index is 0. The van der Waals surface area contributed by atoms with Crippen LogP contribution in [0.1, 0.15) is 20.7 Å². The molecular weight excluding hydrogens is 348 g/mol. The molecule has 0 heterocycles. The SMILES string of the molecule is O=C([O-])c1cccc(C(=O)[O-])c1.[NH3+]S(=O)(=O)O.[NH3+]S(=O)(=O)O. The first-order chi connectivity index (χ1) is 9.61. The van der Waals surface area contributed by atoms with Crippen LogP contribution in [0.15, 0.2) is 24.3 Å². The van der Waals surface area contributed by atoms with Crippen LogP contribution in [0.25, 0.3) is 0 Å². The summed E-state index contributed by atoms with van der Waals surface area (Å²) in [6.07, 6.45) is 0. The third-order valence-corrected chi connectivity index (χ3v) is 1.33. The van der Waals surface area contributed by atoms with Crippen molar-refractivity contribution in [2.24, 2.45) is 0 Å². The molecule has 0 amide bonds. The van der Waals surface area contributed by atoms with Crippen molar-refractivity contribution in [1.82, 2.24) is 0 Å². The van der Waals surface area contributed by atoms with Crippen LogP contribution < -0.4 is 20.5 Å². The van der Waals surface area contributed by atoms with Crippen molar-refractivity contribution in [2.75, 3.05) is 0 Å². The third kappa shape index (κ3) is 20.2. The Morgan fingerprint density at radius 3 is 1.27 bits per heavy atom. The fourth-order valence-electron chi connectivity index (χ4n) is 0.773. The first kappa shape index (κ1) is 22.2. The summed E-state index contributed by atoms with van der Waals surface area (Å²) >= 11 is 0. The van der Waals surface area contributed by atoms with Crippen LogP contribution in [0.3, 0.4) is 0 Å². The molecular formula is C8H12N2O10S2. The summed E-state index contributed by atoms with van der Waals surface area (Å²) in [6.45, 7) is 0. The van der Waals surface area contributed by atoms with Crippen molar-refractivity contribution in [1.29, 1.82) is 0 Å². The van der Waals surface area contributed by atoms with E-state index in [2.05, 4.69) is 10.3 Å². The van der Waals surface area contributed by atoms with E-state index in [1.807, 2.05) is 0 Å². The van der Waals surface area contributed by atoms with E-state index in [9.17, 15) is 19.8 Å². The molecule has 0 spiro atoms. The molecule has 0 saturated heterocycles. The second kappa shape index (κ2) is 9.03. The Labute approximate surface area is 124 Å². The van der Waals surface area contributed by atoms with Gasteiger partial charge in [-0.3, -0.25) is 0 Å². The lowest BCUT2D eigenvalue weighted by molar-refractivity contribution is -0.255. The Bertz CT molecular complexity index is 650. The predicted octanol–water partition coefficient (Wildman–Crippen LogP) is -5.52. The Morgan fingerprint density at radius 1 is 0.864 bits per heavy atom. The minimum absolute atomic E-state index is 0.170. The number of hydrogen-bond acceptors (Lipinski definition) is 8. The van der Waals surface area contributed by atoms with Gasteiger partial charge < -0.3 is 19.8 Å². The van der Waals surface area contributed by atoms with E-state index in [0.717, 1.165) is 6.07 Å². The molecule has 1 aromatic rings. The quantitative estimate of drug-likeness (QED) is 0.364. The third-order valence-electron chi connectivity index (χ3n) is 1.33. The standard InChI is InChI=1S/C8H6O4.2H3NO3S/c9-7(10)5-2-1-3-6(4-5)8(11)12;2*1-5(2,3)4/h1-4H,(H,9,10)(H,11,12);2*(H3,1,2,3,4). The maximum Gasteiger partial charge on any atom is 0.428 e. The summed E-state index contributed by atoms with van der Waals surface area (Å²) in [7, 11) is -7.83. The normalized spacial score (nSPS) is 10.4. The topological polar surface area (TPSA) is 244 Å². The summed E-state index contributed by atoms with van der Waals surface area (Å²) in [5, 5.41) is 25.1. The highest BCUT2D eigenvalue weighted by atomic mass is 32.2. The van der Waals surface area contributed by atoms with Crippen LogP contribution in [-0.4, -0.2) is 37.9 Å². The van der Waals surface area contributed by atoms with Crippen LogP contribution in [0.4, 0.5) is 0 Å². The lowest BCUT2D eigenvalue weighted by Gasteiger charge is -2.05. The number of aromatic carboxylic acids is 2. The van der Waals surface area contributed by atoms with Crippen molar-refractivity contribution >= 4 is 32.5 Å². The maximum absolute atomic E-state index is 10.3. The van der Waals surface area contributed by atoms with Crippen molar-refractivity contribution in [3.63, 3.8) is 0 Å². The molecule has 0 radical (unpaired) electrons. The summed E-state index contributed by atoms with van der Waals surface area (Å²) in [5.74, 6) is -2.81. The van der Waals surface area contributed by atoms with Gasteiger partial charge >= 0.3 is 20.6 Å². The molecule has 126 valence electrons. The Hall–Kier alpha value is -2.10. The van der Waals surface area contributed by atoms with E-state index >= 15 is 0 Å². The largest absolute Gasteiger partial charge is 0.545 e. The number of carboxylic acid groups (broad SMARTS) is 2. The van der Waals surface area contributed by atoms with Crippen molar-refractivity contribution < 1.29 is 56.0 Å². The van der Waals surface area contributed by atoms with Gasteiger partial charge in [0, 0.05) is 0 Å². The van der Waals surface area contributed by atoms with Gasteiger partial charge in [-0.25, -0.2) is 19.4 Å². The zero-order valence-electron chi connectivity index (χ0n) is 10.7. The highest BCUT2D eigenvalue weighted by molar-refractivity contribution is 7.78. The summed E-state index contributed by atoms with van der Waals surface area (Å²) in [5.41, 5.74) is -0.339. The van der Waals surface area contributed by atoms with E-state index in [4.69, 9.17) is 25.9 Å². The van der Waals surface area contributed by atoms with Crippen LogP contribution >= 0.6 is 0 Å². The lowest BCUT2D eigenvalue weighted by atomic mass is 10.1. The van der Waals surface area contributed by atoms with E-state index < -0.39 is 32.5 Å². The fraction of sp³-hybridized carbons (Fsp3) is 0. The van der Waals surface area contributed by atoms with Crippen LogP contribution in [0.2, 0.25) is 0 Å². The lowest BCUT2D eigenvalue weighted by Crippen LogP contribution is -2.55. The van der Waals surface area contributed by atoms with Gasteiger partial charge in [-0.05, 0) is 17.2 Å². The monoisotopic (exact) mass is 360 g/mol. The molecule has 0 saturated carbocycles. The van der Waals surface area contributed by atoms with E-state index in [0.29, 0.717) is 0 Å². The number of hydrogen-bond donors (Lipinski definition) is 4. The molecule has 0 unspecified atom stereocenters. The van der Waals surface area contributed by atoms with Crippen molar-refractivity contribution in [3.8, 4) is 0 Å². The Kier molecular flexibility index (Phi) is 9.10. The minimum Gasteiger partial charge on any atom is -0.545 e. The molecule has 0 bridgehead atoms. The first-order valence-corrected chi connectivity index (χ1v) is 7.97. The van der Waals surface area contributed by atoms with Gasteiger partial charge in [-0.15, -0.1) is 16.8 Å². The maximum atomic E-state index is 10.3. The van der Waals surface area contributed by atoms with Gasteiger partial charge in [0.1, 0.15) is 0 Å². The zero-order valence-corrected chi connectivity index (χ0v) is 12.3. The van der Waals surface area contributed by atoms with Gasteiger partial charge in [0.25, 0.3) is 0 Å². The van der Waals surface area contributed by atoms with Crippen molar-refractivity contribution in [2.45, 2.75) is 0 Å². The fourth-order valence-corrected chi connectivity index (χ4v) is 0.773. The van der Waals surface area contributed by atoms with Gasteiger partial charge in [0.15, 0.2) is 0 Å². The molecule has 0 fully saturated rings. The molecule has 1 rings (SSSR count). The van der Waals surface area contributed by atoms with Crippen LogP contribution in [0.5, 0.6) is 0 Å². The highest BCUT2D eigenvalue weighted by Gasteiger charge is 1.96. The number of carboxylic acids is 2. The molecule has 22 heavy (non-hydrogen) atoms. The highest BCUT2D eigenvalue weighted by Crippen LogP contribution is 2.02. The summed E-state index contributed by atoms with van der Waals surface area (Å²) in [4.78, 5) is 20.5. The average molecular weight is 360 g/mol. The molecule has 12 nitrogen and oxygen atoms in total. The number of carbonyl (C=O) groups excluding carboxylic acids is 2. The predicted molar refractivity (Wildman–Crippen MR) is 64.0 cm³/mol. The molecule has 0 aromatic heterocycles. The number of quaternary nitrogens is 2. The van der Waals surface area contributed by atoms with E-state index in [1.165, 1.54) is 18.2 Å². The minimum atomic E-state index is -3.92. The molecule has 1 aromatic carbocycles. The smallest absolute Gasteiger partial charge is 0.428 e. The van der Waals surface area contributed by atoms with Gasteiger partial charge in [-0.2, -0.15) is 0 Å². The second-order valence-corrected chi connectivity index (χ2v) is 5.65. The molecule has 0 aliphatic rings. The Morgan fingerprint density at radius 2 is 1.09 bits per heavy atom. The molecule has 14 heteroatoms. The van der Waals surface area contributed by atoms with Gasteiger partial charge in [-0.1, -0.05) is 18.2 Å². The van der Waals surface area contributed by atoms with Gasteiger partial charge in [0.2, 0.25) is 0 Å². The van der Waals surface area contributed by atoms with E-state index in [-0.39, 0.29) is 11.1 Å². The number of rotatable bonds is 2. The molecule has 8 N–H and O–H groups in total. The number of carbonyl (C=O) groups is 2.